The third-order valence-electron chi connectivity index (χ3n) is 5.46. The minimum absolute atomic E-state index is 0.00735. The second-order valence-corrected chi connectivity index (χ2v) is 11.6. The van der Waals surface area contributed by atoms with Crippen molar-refractivity contribution in [3.8, 4) is 0 Å². The summed E-state index contributed by atoms with van der Waals surface area (Å²) >= 11 is 0. The molecular formula is C26H52NO7P. The van der Waals surface area contributed by atoms with Crippen LogP contribution in [-0.4, -0.2) is 64.1 Å². The number of carbonyl (C=O) groups is 1. The Kier molecular flexibility index (Phi) is 20.6. The number of carbonyl (C=O) groups excluding carboxylic acids is 1. The van der Waals surface area contributed by atoms with E-state index in [9.17, 15) is 14.3 Å². The van der Waals surface area contributed by atoms with Gasteiger partial charge in [-0.05, 0) is 18.9 Å². The summed E-state index contributed by atoms with van der Waals surface area (Å²) in [6.07, 6.45) is 19.4. The number of quaternary nitrogens is 1. The molecule has 0 N–H and O–H groups in total. The molecule has 0 aromatic carbocycles. The lowest BCUT2D eigenvalue weighted by atomic mass is 10.0. The van der Waals surface area contributed by atoms with Crippen molar-refractivity contribution < 1.29 is 37.3 Å². The van der Waals surface area contributed by atoms with Gasteiger partial charge in [-0.15, -0.1) is 0 Å². The highest BCUT2D eigenvalue weighted by Gasteiger charge is 2.19. The van der Waals surface area contributed by atoms with Gasteiger partial charge in [0, 0.05) is 6.92 Å². The Bertz CT molecular complexity index is 593. The normalized spacial score (nSPS) is 14.7. The highest BCUT2D eigenvalue weighted by atomic mass is 31.2. The van der Waals surface area contributed by atoms with E-state index in [0.717, 1.165) is 12.8 Å². The summed E-state index contributed by atoms with van der Waals surface area (Å²) < 4.78 is 32.7. The monoisotopic (exact) mass is 521 g/mol. The number of esters is 1. The molecule has 0 amide bonds. The van der Waals surface area contributed by atoms with Gasteiger partial charge in [-0.25, -0.2) is 0 Å². The number of rotatable bonds is 24. The lowest BCUT2D eigenvalue weighted by Gasteiger charge is -2.28. The van der Waals surface area contributed by atoms with Crippen LogP contribution in [0.3, 0.4) is 0 Å². The van der Waals surface area contributed by atoms with Crippen molar-refractivity contribution in [1.29, 1.82) is 0 Å². The average Bonchev–Trinajstić information content (AvgIpc) is 2.75. The summed E-state index contributed by atoms with van der Waals surface area (Å²) in [5.74, 6) is -0.533. The van der Waals surface area contributed by atoms with Gasteiger partial charge in [0.05, 0.1) is 34.0 Å². The van der Waals surface area contributed by atoms with Crippen LogP contribution in [0, 0.1) is 0 Å². The van der Waals surface area contributed by atoms with Crippen molar-refractivity contribution in [2.75, 3.05) is 47.5 Å². The third kappa shape index (κ3) is 26.0. The molecule has 0 fully saturated rings. The molecule has 1 unspecified atom stereocenters. The zero-order valence-electron chi connectivity index (χ0n) is 23.0. The molecule has 0 heterocycles. The van der Waals surface area contributed by atoms with Crippen molar-refractivity contribution >= 4 is 13.8 Å². The van der Waals surface area contributed by atoms with Crippen molar-refractivity contribution in [2.45, 2.75) is 103 Å². The van der Waals surface area contributed by atoms with Crippen LogP contribution in [0.5, 0.6) is 0 Å². The Hall–Kier alpha value is -0.920. The summed E-state index contributed by atoms with van der Waals surface area (Å²) in [6, 6.07) is 0. The molecular weight excluding hydrogens is 469 g/mol. The fourth-order valence-corrected chi connectivity index (χ4v) is 4.12. The van der Waals surface area contributed by atoms with Crippen molar-refractivity contribution in [3.05, 3.63) is 12.3 Å². The SMILES string of the molecule is CCCCCCCCCCCCCC/C=C/OC[C@@H](COP(=O)([O-])OCC[N+](C)(C)C)OC(C)=O. The van der Waals surface area contributed by atoms with Gasteiger partial charge in [0.15, 0.2) is 6.10 Å². The maximum atomic E-state index is 11.9. The van der Waals surface area contributed by atoms with E-state index >= 15 is 0 Å². The molecule has 0 bridgehead atoms. The van der Waals surface area contributed by atoms with Gasteiger partial charge >= 0.3 is 5.97 Å². The molecule has 0 aliphatic carbocycles. The Balaban J connectivity index is 3.89. The van der Waals surface area contributed by atoms with Crippen LogP contribution in [0.2, 0.25) is 0 Å². The fourth-order valence-electron chi connectivity index (χ4n) is 3.39. The number of ether oxygens (including phenoxy) is 2. The molecule has 0 spiro atoms. The second-order valence-electron chi connectivity index (χ2n) is 10.2. The van der Waals surface area contributed by atoms with Gasteiger partial charge in [0.1, 0.15) is 19.8 Å². The quantitative estimate of drug-likeness (QED) is 0.0525. The van der Waals surface area contributed by atoms with Crippen molar-refractivity contribution in [1.82, 2.24) is 0 Å². The molecule has 0 aliphatic heterocycles. The van der Waals surface area contributed by atoms with E-state index in [1.54, 1.807) is 6.26 Å². The van der Waals surface area contributed by atoms with E-state index in [4.69, 9.17) is 18.5 Å². The molecule has 0 saturated carbocycles. The lowest BCUT2D eigenvalue weighted by molar-refractivity contribution is -0.870. The minimum Gasteiger partial charge on any atom is -0.756 e. The van der Waals surface area contributed by atoms with Crippen LogP contribution >= 0.6 is 7.82 Å². The Labute approximate surface area is 214 Å². The first-order valence-corrected chi connectivity index (χ1v) is 14.9. The number of nitrogens with zero attached hydrogens (tertiary/aromatic N) is 1. The second kappa shape index (κ2) is 21.2. The van der Waals surface area contributed by atoms with Gasteiger partial charge in [-0.1, -0.05) is 77.6 Å². The fraction of sp³-hybridized carbons (Fsp3) is 0.885. The van der Waals surface area contributed by atoms with Crippen LogP contribution in [0.15, 0.2) is 12.3 Å². The number of hydrogen-bond donors (Lipinski definition) is 0. The smallest absolute Gasteiger partial charge is 0.303 e. The van der Waals surface area contributed by atoms with E-state index in [1.165, 1.54) is 77.6 Å². The Morgan fingerprint density at radius 1 is 0.886 bits per heavy atom. The molecule has 0 radical (unpaired) electrons. The standard InChI is InChI=1S/C26H52NO7P/c1-6-7-8-9-10-11-12-13-14-15-16-17-18-19-21-31-23-26(34-25(2)28)24-33-35(29,30)32-22-20-27(3,4)5/h19,21,26H,6-18,20,22-24H2,1-5H3/b21-19+/t26-/m0/s1. The first kappa shape index (κ1) is 34.1. The zero-order chi connectivity index (χ0) is 26.4. The number of likely N-dealkylation sites (N-methyl/N-ethyl adjacent to an activating group) is 1. The van der Waals surface area contributed by atoms with Crippen LogP contribution in [0.1, 0.15) is 97.3 Å². The van der Waals surface area contributed by atoms with E-state index in [2.05, 4.69) is 6.92 Å². The minimum atomic E-state index is -4.48. The van der Waals surface area contributed by atoms with E-state index in [-0.39, 0.29) is 19.8 Å². The van der Waals surface area contributed by atoms with Gasteiger partial charge in [0.25, 0.3) is 7.82 Å². The Morgan fingerprint density at radius 3 is 1.94 bits per heavy atom. The maximum absolute atomic E-state index is 11.9. The molecule has 0 saturated heterocycles. The predicted octanol–water partition coefficient (Wildman–Crippen LogP) is 5.75. The molecule has 8 nitrogen and oxygen atoms in total. The first-order chi connectivity index (χ1) is 16.6. The van der Waals surface area contributed by atoms with Gasteiger partial charge < -0.3 is 27.9 Å². The summed E-state index contributed by atoms with van der Waals surface area (Å²) in [5.41, 5.74) is 0. The van der Waals surface area contributed by atoms with Crippen LogP contribution < -0.4 is 4.89 Å². The van der Waals surface area contributed by atoms with Crippen molar-refractivity contribution in [2.24, 2.45) is 0 Å². The van der Waals surface area contributed by atoms with Crippen LogP contribution in [0.4, 0.5) is 0 Å². The molecule has 0 aromatic heterocycles. The third-order valence-corrected chi connectivity index (χ3v) is 6.43. The average molecular weight is 522 g/mol. The van der Waals surface area contributed by atoms with Gasteiger partial charge in [0.2, 0.25) is 0 Å². The largest absolute Gasteiger partial charge is 0.756 e. The van der Waals surface area contributed by atoms with Gasteiger partial charge in [-0.2, -0.15) is 0 Å². The lowest BCUT2D eigenvalue weighted by Crippen LogP contribution is -2.37. The van der Waals surface area contributed by atoms with Crippen LogP contribution in [-0.2, 0) is 27.9 Å². The van der Waals surface area contributed by atoms with Gasteiger partial charge in [-0.3, -0.25) is 9.36 Å². The molecule has 9 heteroatoms. The van der Waals surface area contributed by atoms with Crippen molar-refractivity contribution in [3.63, 3.8) is 0 Å². The summed E-state index contributed by atoms with van der Waals surface area (Å²) in [4.78, 5) is 23.2. The number of hydrogen-bond acceptors (Lipinski definition) is 7. The first-order valence-electron chi connectivity index (χ1n) is 13.4. The van der Waals surface area contributed by atoms with E-state index in [1.807, 2.05) is 27.2 Å². The maximum Gasteiger partial charge on any atom is 0.303 e. The predicted molar refractivity (Wildman–Crippen MR) is 139 cm³/mol. The highest BCUT2D eigenvalue weighted by Crippen LogP contribution is 2.38. The Morgan fingerprint density at radius 2 is 1.43 bits per heavy atom. The van der Waals surface area contributed by atoms with E-state index in [0.29, 0.717) is 11.0 Å². The number of allylic oxidation sites excluding steroid dienone is 1. The highest BCUT2D eigenvalue weighted by molar-refractivity contribution is 7.45. The summed E-state index contributed by atoms with van der Waals surface area (Å²) in [7, 11) is 1.31. The van der Waals surface area contributed by atoms with Crippen LogP contribution in [0.25, 0.3) is 0 Å². The van der Waals surface area contributed by atoms with E-state index < -0.39 is 19.9 Å². The number of phosphoric acid groups is 1. The molecule has 35 heavy (non-hydrogen) atoms. The summed E-state index contributed by atoms with van der Waals surface area (Å²) in [6.45, 7) is 3.69. The number of phosphoric ester groups is 1. The molecule has 0 rings (SSSR count). The molecule has 208 valence electrons. The molecule has 0 aliphatic rings. The number of unbranched alkanes of at least 4 members (excludes halogenated alkanes) is 12. The summed E-state index contributed by atoms with van der Waals surface area (Å²) in [5, 5.41) is 0. The molecule has 0 aromatic rings. The topological polar surface area (TPSA) is 94.1 Å². The molecule has 2 atom stereocenters. The zero-order valence-corrected chi connectivity index (χ0v) is 23.9.